The molecule has 6 atom stereocenters. The number of rotatable bonds is 15. The summed E-state index contributed by atoms with van der Waals surface area (Å²) in [6, 6.07) is 8.20. The van der Waals surface area contributed by atoms with E-state index < -0.39 is 78.1 Å². The fourth-order valence-corrected chi connectivity index (χ4v) is 8.54. The van der Waals surface area contributed by atoms with Crippen LogP contribution in [0.5, 0.6) is 5.75 Å². The van der Waals surface area contributed by atoms with E-state index in [2.05, 4.69) is 10.1 Å². The van der Waals surface area contributed by atoms with Crippen LogP contribution in [0.25, 0.3) is 0 Å². The summed E-state index contributed by atoms with van der Waals surface area (Å²) in [5.41, 5.74) is -3.78. The van der Waals surface area contributed by atoms with Crippen LogP contribution in [0.2, 0.25) is 0 Å². The highest BCUT2D eigenvalue weighted by Gasteiger charge is 2.58. The number of aromatic nitrogens is 2. The fraction of sp³-hybridized carbons (Fsp3) is 0.607. The number of halogens is 1. The van der Waals surface area contributed by atoms with Crippen molar-refractivity contribution in [3.05, 3.63) is 63.4 Å². The maximum atomic E-state index is 16.8. The van der Waals surface area contributed by atoms with Crippen molar-refractivity contribution in [3.8, 4) is 5.75 Å². The molecule has 2 heterocycles. The molecule has 0 radical (unpaired) electrons. The molecule has 12 nitrogen and oxygen atoms in total. The number of H-pyrrole nitrogens is 1. The van der Waals surface area contributed by atoms with Crippen LogP contribution in [0.1, 0.15) is 57.5 Å². The van der Waals surface area contributed by atoms with Crippen molar-refractivity contribution in [1.29, 1.82) is 0 Å². The van der Waals surface area contributed by atoms with Gasteiger partial charge in [-0.25, -0.2) is 13.8 Å². The number of hydrogen-bond donors (Lipinski definition) is 2. The highest BCUT2D eigenvalue weighted by molar-refractivity contribution is 8.29. The molecule has 3 rings (SSSR count). The lowest BCUT2D eigenvalue weighted by Crippen LogP contribution is -2.46. The smallest absolute Gasteiger partial charge is 0.459 e. The Morgan fingerprint density at radius 2 is 1.79 bits per heavy atom. The summed E-state index contributed by atoms with van der Waals surface area (Å²) in [6.07, 6.45) is -3.18. The molecule has 1 unspecified atom stereocenters. The van der Waals surface area contributed by atoms with Crippen LogP contribution in [0.15, 0.2) is 52.2 Å². The SMILES string of the molecule is CCS(CC)(CC)O[C@@H]1[C@@H](COP(=O)(N[C@@H](C)C(=O)OC(C)C)Oc2ccccc2)O[C@@H](n2ccc(=O)[nH]c2=O)[C@]1(C)F.[HH].[HH]. The maximum Gasteiger partial charge on any atom is 0.459 e. The van der Waals surface area contributed by atoms with Gasteiger partial charge in [-0.05, 0) is 57.1 Å². The number of hydrogen-bond acceptors (Lipinski definition) is 9. The zero-order chi connectivity index (χ0) is 32.0. The molecular formula is C28H47FN3O9PS. The second-order valence-corrected chi connectivity index (χ2v) is 16.1. The first-order valence-corrected chi connectivity index (χ1v) is 17.9. The number of para-hydroxylation sites is 1. The van der Waals surface area contributed by atoms with E-state index in [9.17, 15) is 18.9 Å². The summed E-state index contributed by atoms with van der Waals surface area (Å²) in [7, 11) is -6.08. The highest BCUT2D eigenvalue weighted by Crippen LogP contribution is 2.55. The van der Waals surface area contributed by atoms with Crippen LogP contribution >= 0.6 is 18.1 Å². The Balaban J connectivity index is 0.00000506. The van der Waals surface area contributed by atoms with Crippen molar-refractivity contribution in [2.24, 2.45) is 0 Å². The van der Waals surface area contributed by atoms with Gasteiger partial charge >= 0.3 is 19.4 Å². The average Bonchev–Trinajstić information content (AvgIpc) is 3.19. The van der Waals surface area contributed by atoms with Crippen molar-refractivity contribution >= 4 is 24.0 Å². The molecule has 1 aliphatic rings. The summed E-state index contributed by atoms with van der Waals surface area (Å²) < 4.78 is 61.1. The van der Waals surface area contributed by atoms with E-state index in [1.165, 1.54) is 13.8 Å². The number of nitrogens with one attached hydrogen (secondary N) is 2. The first-order valence-electron chi connectivity index (χ1n) is 14.3. The van der Waals surface area contributed by atoms with Crippen molar-refractivity contribution < 1.29 is 39.3 Å². The van der Waals surface area contributed by atoms with Crippen LogP contribution in [0.4, 0.5) is 4.39 Å². The second kappa shape index (κ2) is 14.5. The number of benzene rings is 1. The molecule has 0 saturated carbocycles. The van der Waals surface area contributed by atoms with Gasteiger partial charge in [-0.1, -0.05) is 39.0 Å². The topological polar surface area (TPSA) is 147 Å². The molecule has 1 aliphatic heterocycles. The Morgan fingerprint density at radius 3 is 2.35 bits per heavy atom. The Labute approximate surface area is 255 Å². The predicted octanol–water partition coefficient (Wildman–Crippen LogP) is 4.95. The van der Waals surface area contributed by atoms with E-state index in [0.29, 0.717) is 17.3 Å². The number of nitrogens with zero attached hydrogens (tertiary/aromatic N) is 1. The lowest BCUT2D eigenvalue weighted by Gasteiger charge is -2.42. The zero-order valence-electron chi connectivity index (χ0n) is 25.6. The molecular weight excluding hydrogens is 604 g/mol. The largest absolute Gasteiger partial charge is 0.462 e. The van der Waals surface area contributed by atoms with Crippen LogP contribution in [-0.2, 0) is 27.5 Å². The number of alkyl halides is 1. The van der Waals surface area contributed by atoms with Gasteiger partial charge in [0.2, 0.25) is 0 Å². The van der Waals surface area contributed by atoms with Gasteiger partial charge in [0, 0.05) is 15.1 Å². The molecule has 1 saturated heterocycles. The normalized spacial score (nSPS) is 24.8. The van der Waals surface area contributed by atoms with Gasteiger partial charge in [0.05, 0.1) is 12.7 Å². The first kappa shape index (κ1) is 35.0. The van der Waals surface area contributed by atoms with Gasteiger partial charge in [0.15, 0.2) is 11.9 Å². The molecule has 1 fully saturated rings. The minimum absolute atomic E-state index is 0. The third-order valence-electron chi connectivity index (χ3n) is 7.11. The van der Waals surface area contributed by atoms with E-state index in [4.69, 9.17) is 22.7 Å². The predicted molar refractivity (Wildman–Crippen MR) is 168 cm³/mol. The van der Waals surface area contributed by atoms with E-state index in [0.717, 1.165) is 16.8 Å². The average molecular weight is 652 g/mol. The molecule has 0 amide bonds. The van der Waals surface area contributed by atoms with Gasteiger partial charge in [0.25, 0.3) is 5.56 Å². The number of carbonyl (C=O) groups is 1. The summed E-state index contributed by atoms with van der Waals surface area (Å²) >= 11 is 0. The van der Waals surface area contributed by atoms with E-state index in [1.54, 1.807) is 44.2 Å². The second-order valence-electron chi connectivity index (χ2n) is 10.6. The molecule has 15 heteroatoms. The van der Waals surface area contributed by atoms with E-state index >= 15 is 4.39 Å². The molecule has 2 N–H and O–H groups in total. The monoisotopic (exact) mass is 651 g/mol. The zero-order valence-corrected chi connectivity index (χ0v) is 27.3. The van der Waals surface area contributed by atoms with Crippen LogP contribution in [-0.4, -0.2) is 69.4 Å². The van der Waals surface area contributed by atoms with Crippen LogP contribution in [0, 0.1) is 0 Å². The van der Waals surface area contributed by atoms with Gasteiger partial charge in [-0.2, -0.15) is 5.09 Å². The van der Waals surface area contributed by atoms with Gasteiger partial charge in [-0.3, -0.25) is 23.7 Å². The number of carbonyl (C=O) groups excluding carboxylic acids is 1. The minimum Gasteiger partial charge on any atom is -0.462 e. The molecule has 0 bridgehead atoms. The Bertz CT molecular complexity index is 1390. The molecule has 0 aliphatic carbocycles. The van der Waals surface area contributed by atoms with Crippen molar-refractivity contribution in [3.63, 3.8) is 0 Å². The molecule has 43 heavy (non-hydrogen) atoms. The molecule has 1 aromatic carbocycles. The van der Waals surface area contributed by atoms with Crippen molar-refractivity contribution in [1.82, 2.24) is 14.6 Å². The number of ether oxygens (including phenoxy) is 2. The molecule has 1 aromatic heterocycles. The van der Waals surface area contributed by atoms with Crippen LogP contribution in [0.3, 0.4) is 0 Å². The number of aromatic amines is 1. The summed E-state index contributed by atoms with van der Waals surface area (Å²) in [5.74, 6) is 1.47. The first-order chi connectivity index (χ1) is 20.2. The molecule has 2 aromatic rings. The van der Waals surface area contributed by atoms with E-state index in [-0.39, 0.29) is 8.60 Å². The molecule has 246 valence electrons. The fourth-order valence-electron chi connectivity index (χ4n) is 4.65. The van der Waals surface area contributed by atoms with Gasteiger partial charge < -0.3 is 18.2 Å². The quantitative estimate of drug-likeness (QED) is 0.200. The van der Waals surface area contributed by atoms with Gasteiger partial charge in [-0.15, -0.1) is 10.3 Å². The third-order valence-corrected chi connectivity index (χ3v) is 12.5. The third kappa shape index (κ3) is 8.58. The lowest BCUT2D eigenvalue weighted by atomic mass is 9.98. The minimum atomic E-state index is -4.31. The summed E-state index contributed by atoms with van der Waals surface area (Å²) in [5, 5.41) is 2.60. The lowest BCUT2D eigenvalue weighted by molar-refractivity contribution is -0.149. The molecule has 0 spiro atoms. The van der Waals surface area contributed by atoms with Crippen molar-refractivity contribution in [2.45, 2.75) is 84.7 Å². The number of esters is 1. The van der Waals surface area contributed by atoms with E-state index in [1.807, 2.05) is 20.8 Å². The van der Waals surface area contributed by atoms with Crippen molar-refractivity contribution in [2.75, 3.05) is 23.9 Å². The highest BCUT2D eigenvalue weighted by atomic mass is 32.3. The summed E-state index contributed by atoms with van der Waals surface area (Å²) in [4.78, 5) is 39.0. The Kier molecular flexibility index (Phi) is 11.8. The van der Waals surface area contributed by atoms with Crippen LogP contribution < -0.4 is 20.9 Å². The maximum absolute atomic E-state index is 16.8. The summed E-state index contributed by atoms with van der Waals surface area (Å²) in [6.45, 7) is 11.5. The standard InChI is InChI=1S/C28H43FN3O9PS.2H2/c1-8-43(9-2,10-3)41-24-22(39-26(28(24,7)29)32-17-16-23(33)30-27(32)35)18-37-42(36,40-21-14-12-11-13-15-21)31-20(6)25(34)38-19(4)5;;/h11-17,19-20,22,24,26H,8-10,18H2,1-7H3,(H,31,36)(H,30,33,35);2*1H/t20-,22+,24+,26+,28+,42?;;/m0../s1. The Hall–Kier alpha value is -2.48. The Morgan fingerprint density at radius 1 is 1.16 bits per heavy atom. The van der Waals surface area contributed by atoms with Gasteiger partial charge in [0.1, 0.15) is 24.0 Å².